The van der Waals surface area contributed by atoms with Gasteiger partial charge in [0.2, 0.25) is 0 Å². The molecule has 0 saturated heterocycles. The summed E-state index contributed by atoms with van der Waals surface area (Å²) in [6.45, 7) is 3.93. The van der Waals surface area contributed by atoms with Crippen LogP contribution in [0.5, 0.6) is 5.75 Å². The predicted octanol–water partition coefficient (Wildman–Crippen LogP) is 5.27. The fourth-order valence-corrected chi connectivity index (χ4v) is 3.77. The van der Waals surface area contributed by atoms with Gasteiger partial charge in [-0.3, -0.25) is 4.79 Å². The minimum absolute atomic E-state index is 0.0439. The molecule has 6 heteroatoms. The Morgan fingerprint density at radius 3 is 2.66 bits per heavy atom. The van der Waals surface area contributed by atoms with Gasteiger partial charge in [-0.25, -0.2) is 14.4 Å². The third kappa shape index (κ3) is 4.36. The second-order valence-corrected chi connectivity index (χ2v) is 7.55. The van der Waals surface area contributed by atoms with Crippen LogP contribution in [0.15, 0.2) is 36.7 Å². The highest BCUT2D eigenvalue weighted by Gasteiger charge is 2.21. The van der Waals surface area contributed by atoms with Crippen molar-refractivity contribution in [2.45, 2.75) is 52.1 Å². The molecule has 1 aliphatic carbocycles. The lowest BCUT2D eigenvalue weighted by Gasteiger charge is -2.24. The number of aryl methyl sites for hydroxylation is 2. The van der Waals surface area contributed by atoms with Gasteiger partial charge in [-0.1, -0.05) is 6.92 Å². The Morgan fingerprint density at radius 1 is 1.14 bits per heavy atom. The summed E-state index contributed by atoms with van der Waals surface area (Å²) in [4.78, 5) is 20.3. The van der Waals surface area contributed by atoms with Crippen molar-refractivity contribution in [2.75, 3.05) is 5.32 Å². The molecular formula is C23H24FN3O2. The molecule has 0 amide bonds. The number of rotatable bonds is 5. The third-order valence-electron chi connectivity index (χ3n) is 5.29. The van der Waals surface area contributed by atoms with Crippen LogP contribution in [0.2, 0.25) is 0 Å². The number of carbonyl (C=O) groups excluding carboxylic acids is 1. The number of carbonyl (C=O) groups is 1. The Morgan fingerprint density at radius 2 is 1.93 bits per heavy atom. The molecule has 0 atom stereocenters. The number of aromatic nitrogens is 2. The van der Waals surface area contributed by atoms with E-state index in [2.05, 4.69) is 22.2 Å². The first-order chi connectivity index (χ1) is 14.0. The van der Waals surface area contributed by atoms with Crippen LogP contribution in [-0.4, -0.2) is 21.9 Å². The molecule has 1 fully saturated rings. The molecule has 1 N–H and O–H groups in total. The van der Waals surface area contributed by atoms with Gasteiger partial charge in [-0.2, -0.15) is 0 Å². The number of ketones is 1. The number of ether oxygens (including phenoxy) is 1. The molecular weight excluding hydrogens is 369 g/mol. The molecule has 2 aromatic carbocycles. The van der Waals surface area contributed by atoms with E-state index in [1.165, 1.54) is 18.5 Å². The average Bonchev–Trinajstić information content (AvgIpc) is 2.69. The third-order valence-corrected chi connectivity index (χ3v) is 5.29. The molecule has 1 saturated carbocycles. The van der Waals surface area contributed by atoms with E-state index in [9.17, 15) is 9.18 Å². The number of benzene rings is 2. The summed E-state index contributed by atoms with van der Waals surface area (Å²) in [5.41, 5.74) is 3.34. The number of nitrogens with zero attached hydrogens (tertiary/aromatic N) is 2. The number of halogens is 1. The van der Waals surface area contributed by atoms with Gasteiger partial charge in [0.05, 0.1) is 11.6 Å². The SMILES string of the molecule is CCc1cc2ncnc(Nc3cc(C)cc(F)c3)c2cc1OC1CCC(=O)CC1. The van der Waals surface area contributed by atoms with E-state index >= 15 is 0 Å². The fourth-order valence-electron chi connectivity index (χ4n) is 3.77. The van der Waals surface area contributed by atoms with Crippen molar-refractivity contribution in [3.63, 3.8) is 0 Å². The molecule has 0 spiro atoms. The van der Waals surface area contributed by atoms with Crippen LogP contribution in [0, 0.1) is 12.7 Å². The van der Waals surface area contributed by atoms with Gasteiger partial charge in [0, 0.05) is 23.9 Å². The van der Waals surface area contributed by atoms with Crippen molar-refractivity contribution in [1.82, 2.24) is 9.97 Å². The zero-order chi connectivity index (χ0) is 20.4. The molecule has 0 aliphatic heterocycles. The normalized spacial score (nSPS) is 14.9. The summed E-state index contributed by atoms with van der Waals surface area (Å²) in [5.74, 6) is 1.42. The molecule has 3 aromatic rings. The van der Waals surface area contributed by atoms with E-state index < -0.39 is 0 Å². The van der Waals surface area contributed by atoms with Gasteiger partial charge >= 0.3 is 0 Å². The monoisotopic (exact) mass is 393 g/mol. The van der Waals surface area contributed by atoms with E-state index in [-0.39, 0.29) is 11.9 Å². The van der Waals surface area contributed by atoms with Crippen LogP contribution in [0.3, 0.4) is 0 Å². The van der Waals surface area contributed by atoms with Gasteiger partial charge < -0.3 is 10.1 Å². The smallest absolute Gasteiger partial charge is 0.141 e. The molecule has 5 nitrogen and oxygen atoms in total. The van der Waals surface area contributed by atoms with Crippen molar-refractivity contribution >= 4 is 28.2 Å². The Hall–Kier alpha value is -3.02. The van der Waals surface area contributed by atoms with Crippen molar-refractivity contribution < 1.29 is 13.9 Å². The molecule has 29 heavy (non-hydrogen) atoms. The first kappa shape index (κ1) is 19.3. The summed E-state index contributed by atoms with van der Waals surface area (Å²) in [6.07, 6.45) is 5.01. The van der Waals surface area contributed by atoms with Gasteiger partial charge in [-0.15, -0.1) is 0 Å². The number of hydrogen-bond donors (Lipinski definition) is 1. The van der Waals surface area contributed by atoms with Crippen molar-refractivity contribution in [2.24, 2.45) is 0 Å². The first-order valence-corrected chi connectivity index (χ1v) is 10.0. The van der Waals surface area contributed by atoms with Gasteiger partial charge in [0.15, 0.2) is 0 Å². The van der Waals surface area contributed by atoms with Crippen LogP contribution in [0.25, 0.3) is 10.9 Å². The lowest BCUT2D eigenvalue weighted by atomic mass is 9.96. The Balaban J connectivity index is 1.69. The maximum Gasteiger partial charge on any atom is 0.141 e. The molecule has 0 bridgehead atoms. The van der Waals surface area contributed by atoms with Crippen LogP contribution < -0.4 is 10.1 Å². The molecule has 0 radical (unpaired) electrons. The minimum atomic E-state index is -0.296. The highest BCUT2D eigenvalue weighted by atomic mass is 19.1. The van der Waals surface area contributed by atoms with E-state index in [4.69, 9.17) is 4.74 Å². The predicted molar refractivity (Wildman–Crippen MR) is 111 cm³/mol. The molecule has 1 heterocycles. The molecule has 0 unspecified atom stereocenters. The number of Topliss-reactive ketones (excluding diaryl/α,β-unsaturated/α-hetero) is 1. The standard InChI is InChI=1S/C23H24FN3O2/c1-3-15-10-21-20(12-22(15)29-19-6-4-18(28)5-7-19)23(26-13-25-21)27-17-9-14(2)8-16(24)11-17/h8-13,19H,3-7H2,1-2H3,(H,25,26,27). The second-order valence-electron chi connectivity index (χ2n) is 7.55. The largest absolute Gasteiger partial charge is 0.490 e. The highest BCUT2D eigenvalue weighted by molar-refractivity contribution is 5.92. The molecule has 1 aromatic heterocycles. The summed E-state index contributed by atoms with van der Waals surface area (Å²) in [5, 5.41) is 4.02. The highest BCUT2D eigenvalue weighted by Crippen LogP contribution is 2.32. The maximum absolute atomic E-state index is 13.8. The number of hydrogen-bond acceptors (Lipinski definition) is 5. The van der Waals surface area contributed by atoms with Crippen molar-refractivity contribution in [3.8, 4) is 5.75 Å². The van der Waals surface area contributed by atoms with Crippen LogP contribution in [0.4, 0.5) is 15.9 Å². The first-order valence-electron chi connectivity index (χ1n) is 10.0. The number of nitrogens with one attached hydrogen (secondary N) is 1. The van der Waals surface area contributed by atoms with Crippen molar-refractivity contribution in [1.29, 1.82) is 0 Å². The molecule has 4 rings (SSSR count). The average molecular weight is 393 g/mol. The van der Waals surface area contributed by atoms with E-state index in [0.29, 0.717) is 30.1 Å². The van der Waals surface area contributed by atoms with Crippen LogP contribution in [0.1, 0.15) is 43.7 Å². The van der Waals surface area contributed by atoms with Gasteiger partial charge in [0.1, 0.15) is 29.5 Å². The zero-order valence-electron chi connectivity index (χ0n) is 16.7. The molecule has 1 aliphatic rings. The number of anilines is 2. The Bertz CT molecular complexity index is 1040. The quantitative estimate of drug-likeness (QED) is 0.639. The topological polar surface area (TPSA) is 64.1 Å². The summed E-state index contributed by atoms with van der Waals surface area (Å²) in [6, 6.07) is 8.77. The van der Waals surface area contributed by atoms with E-state index in [1.54, 1.807) is 0 Å². The van der Waals surface area contributed by atoms with Crippen molar-refractivity contribution in [3.05, 3.63) is 53.6 Å². The molecule has 150 valence electrons. The minimum Gasteiger partial charge on any atom is -0.490 e. The van der Waals surface area contributed by atoms with E-state index in [0.717, 1.165) is 47.0 Å². The Kier molecular flexibility index (Phi) is 5.43. The van der Waals surface area contributed by atoms with Gasteiger partial charge in [0.25, 0.3) is 0 Å². The zero-order valence-corrected chi connectivity index (χ0v) is 16.7. The Labute approximate surface area is 169 Å². The van der Waals surface area contributed by atoms with Crippen LogP contribution >= 0.6 is 0 Å². The summed E-state index contributed by atoms with van der Waals surface area (Å²) in [7, 11) is 0. The fraction of sp³-hybridized carbons (Fsp3) is 0.348. The summed E-state index contributed by atoms with van der Waals surface area (Å²) >= 11 is 0. The summed E-state index contributed by atoms with van der Waals surface area (Å²) < 4.78 is 20.1. The second kappa shape index (κ2) is 8.15. The lowest BCUT2D eigenvalue weighted by Crippen LogP contribution is -2.24. The van der Waals surface area contributed by atoms with Crippen LogP contribution in [-0.2, 0) is 11.2 Å². The number of fused-ring (bicyclic) bond motifs is 1. The lowest BCUT2D eigenvalue weighted by molar-refractivity contribution is -0.121. The maximum atomic E-state index is 13.8. The van der Waals surface area contributed by atoms with Gasteiger partial charge in [-0.05, 0) is 67.6 Å². The van der Waals surface area contributed by atoms with E-state index in [1.807, 2.05) is 25.1 Å².